The number of fused-ring (bicyclic) bond motifs is 1. The van der Waals surface area contributed by atoms with Crippen molar-refractivity contribution in [3.63, 3.8) is 0 Å². The normalized spacial score (nSPS) is 17.9. The van der Waals surface area contributed by atoms with Crippen molar-refractivity contribution in [2.45, 2.75) is 51.8 Å². The smallest absolute Gasteiger partial charge is 0.415 e. The Balaban J connectivity index is 0.000000526. The number of amides is 2. The highest BCUT2D eigenvalue weighted by Crippen LogP contribution is 2.40. The first-order valence-electron chi connectivity index (χ1n) is 14.7. The molecule has 47 heavy (non-hydrogen) atoms. The van der Waals surface area contributed by atoms with Crippen molar-refractivity contribution in [3.05, 3.63) is 59.8 Å². The van der Waals surface area contributed by atoms with Gasteiger partial charge in [-0.2, -0.15) is 21.8 Å². The van der Waals surface area contributed by atoms with Crippen LogP contribution >= 0.6 is 0 Å². The molecule has 3 heterocycles. The van der Waals surface area contributed by atoms with Gasteiger partial charge in [-0.05, 0) is 43.4 Å². The van der Waals surface area contributed by atoms with Gasteiger partial charge in [0.05, 0.1) is 11.6 Å². The Morgan fingerprint density at radius 1 is 1.04 bits per heavy atom. The van der Waals surface area contributed by atoms with Crippen molar-refractivity contribution >= 4 is 44.6 Å². The highest BCUT2D eigenvalue weighted by Gasteiger charge is 2.32. The number of hydrogen-bond donors (Lipinski definition) is 5. The molecule has 5 rings (SSSR count). The number of nitrogens with one attached hydrogen (secondary N) is 1. The van der Waals surface area contributed by atoms with Crippen LogP contribution in [0.15, 0.2) is 43.1 Å². The van der Waals surface area contributed by atoms with E-state index >= 15 is 0 Å². The third kappa shape index (κ3) is 12.8. The molecule has 0 spiro atoms. The first-order chi connectivity index (χ1) is 22.0. The molecule has 2 atom stereocenters. The van der Waals surface area contributed by atoms with Crippen molar-refractivity contribution in [2.75, 3.05) is 42.9 Å². The molecule has 1 saturated heterocycles. The summed E-state index contributed by atoms with van der Waals surface area (Å²) in [5.74, 6) is 1.92. The zero-order chi connectivity index (χ0) is 34.9. The second kappa shape index (κ2) is 16.4. The van der Waals surface area contributed by atoms with Crippen LogP contribution in [0.5, 0.6) is 0 Å². The lowest BCUT2D eigenvalue weighted by atomic mass is 9.96. The van der Waals surface area contributed by atoms with Crippen LogP contribution in [0.4, 0.5) is 16.6 Å². The molecule has 2 aliphatic heterocycles. The van der Waals surface area contributed by atoms with E-state index < -0.39 is 20.8 Å². The van der Waals surface area contributed by atoms with Crippen LogP contribution in [0.1, 0.15) is 61.9 Å². The Labute approximate surface area is 273 Å². The molecule has 0 unspecified atom stereocenters. The van der Waals surface area contributed by atoms with Gasteiger partial charge in [0.25, 0.3) is 0 Å². The van der Waals surface area contributed by atoms with Crippen LogP contribution in [0.2, 0.25) is 0 Å². The van der Waals surface area contributed by atoms with E-state index in [1.165, 1.54) is 35.8 Å². The minimum absolute atomic E-state index is 0.00642. The molecule has 19 heteroatoms. The number of carbonyl (C=O) groups is 2. The summed E-state index contributed by atoms with van der Waals surface area (Å²) in [6.45, 7) is 11.6. The Morgan fingerprint density at radius 3 is 2.11 bits per heavy atom. The summed E-state index contributed by atoms with van der Waals surface area (Å²) >= 11 is 0. The fraction of sp³-hybridized carbons (Fsp3) is 0.500. The molecule has 260 valence electrons. The summed E-state index contributed by atoms with van der Waals surface area (Å²) in [6.07, 6.45) is 6.56. The van der Waals surface area contributed by atoms with Crippen LogP contribution in [0, 0.1) is 5.92 Å². The number of nitrogens with zero attached hydrogens (tertiary/aromatic N) is 5. The van der Waals surface area contributed by atoms with Crippen molar-refractivity contribution in [1.29, 1.82) is 0 Å². The van der Waals surface area contributed by atoms with Crippen LogP contribution < -0.4 is 10.2 Å². The maximum Gasteiger partial charge on any atom is 0.415 e. The SMILES string of the molecule is C=CC(=O)N1CCN([C@@H](CC2CC2)c2ccc([C@H](C)Nc3ncc4c(n3)N(CC)C(=O)OC4)cc2)CC1.O=S(=O)(O)O.O=S(=O)(O)O. The molecule has 1 aromatic carbocycles. The number of aromatic nitrogens is 2. The van der Waals surface area contributed by atoms with Gasteiger partial charge < -0.3 is 15.0 Å². The number of ether oxygens (including phenoxy) is 1. The van der Waals surface area contributed by atoms with Crippen molar-refractivity contribution in [3.8, 4) is 0 Å². The number of rotatable bonds is 9. The lowest BCUT2D eigenvalue weighted by molar-refractivity contribution is -0.128. The molecular formula is C28H40N6O11S2. The Bertz CT molecular complexity index is 1570. The molecule has 1 aliphatic carbocycles. The molecule has 5 N–H and O–H groups in total. The third-order valence-corrected chi connectivity index (χ3v) is 7.65. The molecule has 3 aliphatic rings. The van der Waals surface area contributed by atoms with Crippen molar-refractivity contribution < 1.29 is 49.4 Å². The summed E-state index contributed by atoms with van der Waals surface area (Å²) in [5.41, 5.74) is 3.28. The first kappa shape index (κ1) is 37.7. The lowest BCUT2D eigenvalue weighted by Gasteiger charge is -2.39. The van der Waals surface area contributed by atoms with Gasteiger partial charge in [-0.15, -0.1) is 0 Å². The van der Waals surface area contributed by atoms with Crippen LogP contribution in [0.25, 0.3) is 0 Å². The number of carbonyl (C=O) groups excluding carboxylic acids is 2. The summed E-state index contributed by atoms with van der Waals surface area (Å²) in [4.78, 5) is 39.1. The Hall–Kier alpha value is -3.72. The van der Waals surface area contributed by atoms with Gasteiger partial charge in [-0.1, -0.05) is 43.7 Å². The van der Waals surface area contributed by atoms with E-state index in [0.29, 0.717) is 24.4 Å². The van der Waals surface area contributed by atoms with Crippen molar-refractivity contribution in [2.24, 2.45) is 5.92 Å². The van der Waals surface area contributed by atoms with E-state index in [9.17, 15) is 9.59 Å². The number of anilines is 2. The zero-order valence-electron chi connectivity index (χ0n) is 26.0. The van der Waals surface area contributed by atoms with E-state index in [2.05, 4.69) is 58.0 Å². The quantitative estimate of drug-likeness (QED) is 0.187. The molecule has 2 aromatic rings. The average molecular weight is 701 g/mol. The van der Waals surface area contributed by atoms with Gasteiger partial charge in [0.1, 0.15) is 12.4 Å². The molecule has 1 saturated carbocycles. The van der Waals surface area contributed by atoms with Gasteiger partial charge in [-0.25, -0.2) is 9.78 Å². The first-order valence-corrected chi connectivity index (χ1v) is 17.5. The van der Waals surface area contributed by atoms with Crippen molar-refractivity contribution in [1.82, 2.24) is 19.8 Å². The van der Waals surface area contributed by atoms with Gasteiger partial charge in [0.15, 0.2) is 0 Å². The van der Waals surface area contributed by atoms with Crippen LogP contribution in [-0.2, 0) is 36.9 Å². The van der Waals surface area contributed by atoms with Gasteiger partial charge in [0, 0.05) is 45.0 Å². The molecule has 2 fully saturated rings. The van der Waals surface area contributed by atoms with E-state index in [-0.39, 0.29) is 24.6 Å². The van der Waals surface area contributed by atoms with E-state index in [0.717, 1.165) is 43.2 Å². The Morgan fingerprint density at radius 2 is 1.60 bits per heavy atom. The zero-order valence-corrected chi connectivity index (χ0v) is 27.6. The minimum atomic E-state index is -4.67. The predicted octanol–water partition coefficient (Wildman–Crippen LogP) is 2.99. The number of piperazine rings is 1. The standard InChI is InChI=1S/C28H36N6O3.2H2O4S/c1-4-25(35)33-14-12-32(13-15-33)24(16-20-6-7-20)22-10-8-21(9-11-22)19(3)30-27-29-17-23-18-37-28(36)34(5-2)26(23)31-27;2*1-5(2,3)4/h4,8-11,17,19-20,24H,1,5-7,12-16,18H2,2-3H3,(H,29,30,31);2*(H2,1,2,3,4)/t19-,24-;;/m0../s1. The molecule has 17 nitrogen and oxygen atoms in total. The van der Waals surface area contributed by atoms with Gasteiger partial charge in [-0.3, -0.25) is 32.8 Å². The van der Waals surface area contributed by atoms with Crippen LogP contribution in [-0.4, -0.2) is 99.5 Å². The molecule has 0 radical (unpaired) electrons. The second-order valence-corrected chi connectivity index (χ2v) is 12.8. The maximum atomic E-state index is 12.1. The summed E-state index contributed by atoms with van der Waals surface area (Å²) < 4.78 is 68.3. The van der Waals surface area contributed by atoms with E-state index in [1.807, 2.05) is 11.8 Å². The monoisotopic (exact) mass is 700 g/mol. The average Bonchev–Trinajstić information content (AvgIpc) is 3.82. The molecule has 1 aromatic heterocycles. The summed E-state index contributed by atoms with van der Waals surface area (Å²) in [5, 5.41) is 3.39. The van der Waals surface area contributed by atoms with Gasteiger partial charge in [0.2, 0.25) is 11.9 Å². The Kier molecular flexibility index (Phi) is 13.2. The number of hydrogen-bond acceptors (Lipinski definition) is 11. The van der Waals surface area contributed by atoms with Crippen LogP contribution in [0.3, 0.4) is 0 Å². The number of cyclic esters (lactones) is 1. The predicted molar refractivity (Wildman–Crippen MR) is 171 cm³/mol. The lowest BCUT2D eigenvalue weighted by Crippen LogP contribution is -2.49. The molecule has 0 bridgehead atoms. The topological polar surface area (TPSA) is 240 Å². The van der Waals surface area contributed by atoms with E-state index in [4.69, 9.17) is 39.8 Å². The van der Waals surface area contributed by atoms with Gasteiger partial charge >= 0.3 is 26.9 Å². The summed E-state index contributed by atoms with van der Waals surface area (Å²) in [6, 6.07) is 9.20. The molecular weight excluding hydrogens is 660 g/mol. The fourth-order valence-corrected chi connectivity index (χ4v) is 5.22. The highest BCUT2D eigenvalue weighted by atomic mass is 32.3. The largest absolute Gasteiger partial charge is 0.444 e. The molecule has 2 amide bonds. The number of benzene rings is 1. The maximum absolute atomic E-state index is 12.1. The minimum Gasteiger partial charge on any atom is -0.444 e. The second-order valence-electron chi connectivity index (χ2n) is 11.0. The highest BCUT2D eigenvalue weighted by molar-refractivity contribution is 7.80. The fourth-order valence-electron chi connectivity index (χ4n) is 5.22. The summed E-state index contributed by atoms with van der Waals surface area (Å²) in [7, 11) is -9.33. The third-order valence-electron chi connectivity index (χ3n) is 7.65. The van der Waals surface area contributed by atoms with E-state index in [1.54, 1.807) is 6.20 Å².